The number of aryl methyl sites for hydroxylation is 1. The van der Waals surface area contributed by atoms with Gasteiger partial charge in [0, 0.05) is 0 Å². The maximum Gasteiger partial charge on any atom is 0.335 e. The maximum atomic E-state index is 11.1. The topological polar surface area (TPSA) is 37.3 Å². The number of unbranched alkanes of at least 4 members (excludes halogenated alkanes) is 6. The Bertz CT molecular complexity index is 410. The molecule has 0 aliphatic carbocycles. The van der Waals surface area contributed by atoms with E-state index < -0.39 is 5.97 Å². The summed E-state index contributed by atoms with van der Waals surface area (Å²) in [6.07, 6.45) is 11.2. The Labute approximate surface area is 129 Å². The number of hydrogen-bond donors (Lipinski definition) is 1. The minimum Gasteiger partial charge on any atom is -0.478 e. The van der Waals surface area contributed by atoms with Gasteiger partial charge < -0.3 is 5.11 Å². The molecule has 2 heteroatoms. The fourth-order valence-electron chi connectivity index (χ4n) is 2.70. The molecule has 0 atom stereocenters. The second-order valence-electron chi connectivity index (χ2n) is 6.37. The second-order valence-corrected chi connectivity index (χ2v) is 6.37. The third-order valence-electron chi connectivity index (χ3n) is 3.98. The van der Waals surface area contributed by atoms with Crippen molar-refractivity contribution >= 4 is 5.97 Å². The molecule has 0 aliphatic heterocycles. The molecule has 0 aliphatic rings. The van der Waals surface area contributed by atoms with Crippen molar-refractivity contribution in [1.29, 1.82) is 0 Å². The minimum absolute atomic E-state index is 0.464. The van der Waals surface area contributed by atoms with Gasteiger partial charge in [0.1, 0.15) is 0 Å². The molecule has 0 saturated carbocycles. The van der Waals surface area contributed by atoms with E-state index in [9.17, 15) is 4.79 Å². The Balaban J connectivity index is 2.08. The van der Waals surface area contributed by atoms with Gasteiger partial charge in [0.25, 0.3) is 0 Å². The lowest BCUT2D eigenvalue weighted by molar-refractivity contribution is 0.0695. The summed E-state index contributed by atoms with van der Waals surface area (Å²) in [6.45, 7) is 4.57. The molecule has 118 valence electrons. The molecule has 1 rings (SSSR count). The van der Waals surface area contributed by atoms with Crippen molar-refractivity contribution in [3.63, 3.8) is 0 Å². The molecular weight excluding hydrogens is 260 g/mol. The lowest BCUT2D eigenvalue weighted by Gasteiger charge is -2.06. The largest absolute Gasteiger partial charge is 0.478 e. The van der Waals surface area contributed by atoms with E-state index in [4.69, 9.17) is 5.11 Å². The summed E-state index contributed by atoms with van der Waals surface area (Å²) < 4.78 is 0. The summed E-state index contributed by atoms with van der Waals surface area (Å²) in [5.74, 6) is 0.0232. The van der Waals surface area contributed by atoms with Crippen LogP contribution in [0.25, 0.3) is 0 Å². The van der Waals surface area contributed by atoms with Gasteiger partial charge in [-0.05, 0) is 30.4 Å². The highest BCUT2D eigenvalue weighted by atomic mass is 16.4. The summed E-state index contributed by atoms with van der Waals surface area (Å²) in [7, 11) is 0. The van der Waals surface area contributed by atoms with Crippen molar-refractivity contribution in [1.82, 2.24) is 0 Å². The summed E-state index contributed by atoms with van der Waals surface area (Å²) in [6, 6.07) is 7.36. The molecule has 0 heterocycles. The fraction of sp³-hybridized carbons (Fsp3) is 0.632. The molecule has 1 aromatic carbocycles. The Morgan fingerprint density at radius 1 is 0.952 bits per heavy atom. The molecule has 0 fully saturated rings. The van der Waals surface area contributed by atoms with Crippen LogP contribution >= 0.6 is 0 Å². The molecule has 0 spiro atoms. The van der Waals surface area contributed by atoms with Crippen molar-refractivity contribution < 1.29 is 9.90 Å². The Morgan fingerprint density at radius 3 is 2.14 bits per heavy atom. The first-order valence-electron chi connectivity index (χ1n) is 8.42. The summed E-state index contributed by atoms with van der Waals surface area (Å²) >= 11 is 0. The molecule has 0 radical (unpaired) electrons. The molecule has 21 heavy (non-hydrogen) atoms. The third-order valence-corrected chi connectivity index (χ3v) is 3.98. The number of carboxylic acid groups (broad SMARTS) is 1. The van der Waals surface area contributed by atoms with Crippen LogP contribution in [0.1, 0.15) is 81.1 Å². The van der Waals surface area contributed by atoms with Gasteiger partial charge in [-0.1, -0.05) is 77.0 Å². The lowest BCUT2D eigenvalue weighted by atomic mass is 10.00. The normalized spacial score (nSPS) is 11.0. The van der Waals surface area contributed by atoms with Crippen molar-refractivity contribution in [3.8, 4) is 0 Å². The van der Waals surface area contributed by atoms with E-state index in [0.29, 0.717) is 5.56 Å². The Hall–Kier alpha value is -1.31. The number of rotatable bonds is 11. The number of carbonyl (C=O) groups is 1. The van der Waals surface area contributed by atoms with Gasteiger partial charge in [-0.15, -0.1) is 0 Å². The monoisotopic (exact) mass is 290 g/mol. The Morgan fingerprint density at radius 2 is 1.52 bits per heavy atom. The molecule has 1 aromatic rings. The molecular formula is C19H30O2. The predicted molar refractivity (Wildman–Crippen MR) is 88.9 cm³/mol. The standard InChI is InChI=1S/C19H30O2/c1-16(2)12-8-6-4-3-5-7-9-13-17-14-10-11-15-18(17)19(20)21/h10-11,14-16H,3-9,12-13H2,1-2H3,(H,20,21). The summed E-state index contributed by atoms with van der Waals surface area (Å²) in [4.78, 5) is 11.1. The van der Waals surface area contributed by atoms with Gasteiger partial charge in [0.05, 0.1) is 5.56 Å². The van der Waals surface area contributed by atoms with Crippen LogP contribution in [-0.4, -0.2) is 11.1 Å². The molecule has 0 amide bonds. The zero-order valence-electron chi connectivity index (χ0n) is 13.6. The highest BCUT2D eigenvalue weighted by Gasteiger charge is 2.07. The van der Waals surface area contributed by atoms with E-state index in [1.807, 2.05) is 12.1 Å². The summed E-state index contributed by atoms with van der Waals surface area (Å²) in [5.41, 5.74) is 1.44. The summed E-state index contributed by atoms with van der Waals surface area (Å²) in [5, 5.41) is 9.13. The van der Waals surface area contributed by atoms with Gasteiger partial charge >= 0.3 is 5.97 Å². The van der Waals surface area contributed by atoms with Crippen LogP contribution in [0.3, 0.4) is 0 Å². The lowest BCUT2D eigenvalue weighted by Crippen LogP contribution is -2.02. The van der Waals surface area contributed by atoms with Crippen LogP contribution in [0.15, 0.2) is 24.3 Å². The first kappa shape index (κ1) is 17.7. The molecule has 1 N–H and O–H groups in total. The SMILES string of the molecule is CC(C)CCCCCCCCCc1ccccc1C(=O)O. The first-order chi connectivity index (χ1) is 10.1. The van der Waals surface area contributed by atoms with E-state index in [1.165, 1.54) is 44.9 Å². The van der Waals surface area contributed by atoms with Crippen molar-refractivity contribution in [2.75, 3.05) is 0 Å². The first-order valence-corrected chi connectivity index (χ1v) is 8.42. The van der Waals surface area contributed by atoms with E-state index in [0.717, 1.165) is 24.3 Å². The zero-order valence-corrected chi connectivity index (χ0v) is 13.6. The van der Waals surface area contributed by atoms with Crippen LogP contribution in [0.5, 0.6) is 0 Å². The molecule has 0 bridgehead atoms. The van der Waals surface area contributed by atoms with Gasteiger partial charge in [-0.3, -0.25) is 0 Å². The third kappa shape index (κ3) is 7.89. The Kier molecular flexibility index (Phi) is 8.80. The van der Waals surface area contributed by atoms with Crippen LogP contribution in [-0.2, 0) is 6.42 Å². The number of carboxylic acids is 1. The average Bonchev–Trinajstić information content (AvgIpc) is 2.45. The molecule has 0 unspecified atom stereocenters. The number of hydrogen-bond acceptors (Lipinski definition) is 1. The minimum atomic E-state index is -0.809. The zero-order chi connectivity index (χ0) is 15.5. The second kappa shape index (κ2) is 10.4. The predicted octanol–water partition coefficient (Wildman–Crippen LogP) is 5.70. The van der Waals surface area contributed by atoms with Gasteiger partial charge in [0.15, 0.2) is 0 Å². The van der Waals surface area contributed by atoms with Crippen molar-refractivity contribution in [2.24, 2.45) is 5.92 Å². The average molecular weight is 290 g/mol. The highest BCUT2D eigenvalue weighted by molar-refractivity contribution is 5.89. The number of benzene rings is 1. The quantitative estimate of drug-likeness (QED) is 0.530. The molecule has 0 aromatic heterocycles. The number of aromatic carboxylic acids is 1. The highest BCUT2D eigenvalue weighted by Crippen LogP contribution is 2.15. The smallest absolute Gasteiger partial charge is 0.335 e. The van der Waals surface area contributed by atoms with Crippen molar-refractivity contribution in [3.05, 3.63) is 35.4 Å². The van der Waals surface area contributed by atoms with E-state index in [1.54, 1.807) is 12.1 Å². The van der Waals surface area contributed by atoms with E-state index in [2.05, 4.69) is 13.8 Å². The van der Waals surface area contributed by atoms with Gasteiger partial charge in [0.2, 0.25) is 0 Å². The van der Waals surface area contributed by atoms with Crippen LogP contribution in [0.2, 0.25) is 0 Å². The molecule has 2 nitrogen and oxygen atoms in total. The van der Waals surface area contributed by atoms with E-state index >= 15 is 0 Å². The van der Waals surface area contributed by atoms with Crippen LogP contribution in [0.4, 0.5) is 0 Å². The van der Waals surface area contributed by atoms with Gasteiger partial charge in [-0.25, -0.2) is 4.79 Å². The van der Waals surface area contributed by atoms with Crippen molar-refractivity contribution in [2.45, 2.75) is 71.6 Å². The van der Waals surface area contributed by atoms with Crippen LogP contribution < -0.4 is 0 Å². The van der Waals surface area contributed by atoms with Gasteiger partial charge in [-0.2, -0.15) is 0 Å². The van der Waals surface area contributed by atoms with E-state index in [-0.39, 0.29) is 0 Å². The molecule has 0 saturated heterocycles. The fourth-order valence-corrected chi connectivity index (χ4v) is 2.70. The van der Waals surface area contributed by atoms with Crippen LogP contribution in [0, 0.1) is 5.92 Å². The maximum absolute atomic E-state index is 11.1.